The summed E-state index contributed by atoms with van der Waals surface area (Å²) in [4.78, 5) is 12.9. The Bertz CT molecular complexity index is 1440. The molecule has 1 N–H and O–H groups in total. The van der Waals surface area contributed by atoms with Gasteiger partial charge in [-0.05, 0) is 79.4 Å². The maximum atomic E-state index is 12.9. The van der Waals surface area contributed by atoms with E-state index in [1.165, 1.54) is 6.08 Å². The average molecular weight is 531 g/mol. The van der Waals surface area contributed by atoms with Crippen LogP contribution < -0.4 is 24.3 Å². The number of nitrogens with one attached hydrogen (secondary N) is 1. The maximum Gasteiger partial charge on any atom is 0.266 e. The molecular weight excluding hydrogens is 504 g/mol. The molecule has 38 heavy (non-hydrogen) atoms. The van der Waals surface area contributed by atoms with Crippen LogP contribution in [-0.2, 0) is 17.8 Å². The molecule has 0 spiro atoms. The quantitative estimate of drug-likeness (QED) is 0.180. The zero-order valence-corrected chi connectivity index (χ0v) is 21.9. The van der Waals surface area contributed by atoms with Crippen molar-refractivity contribution in [2.75, 3.05) is 18.7 Å². The highest BCUT2D eigenvalue weighted by Gasteiger charge is 2.18. The molecule has 0 atom stereocenters. The number of ether oxygens (including phenoxy) is 4. The molecule has 1 aliphatic heterocycles. The molecule has 3 aromatic carbocycles. The second-order valence-corrected chi connectivity index (χ2v) is 8.85. The molecule has 8 heteroatoms. The van der Waals surface area contributed by atoms with Crippen LogP contribution >= 0.6 is 11.6 Å². The lowest BCUT2D eigenvalue weighted by atomic mass is 10.0. The van der Waals surface area contributed by atoms with Gasteiger partial charge < -0.3 is 24.3 Å². The van der Waals surface area contributed by atoms with E-state index < -0.39 is 5.91 Å². The standard InChI is InChI=1S/C30H27ClN2O5/c1-4-7-22-12-21(13-23(16-32)30(34)33-25-9-6-8-24(31)19(25)3)15-28(35-5-2)29(22)36-17-20-10-11-26-27(14-20)38-18-37-26/h4,6,8-15H,1,5,7,17-18H2,2-3H3,(H,33,34)/b23-13+. The average Bonchev–Trinajstić information content (AvgIpc) is 3.38. The normalized spacial score (nSPS) is 12.0. The van der Waals surface area contributed by atoms with Gasteiger partial charge >= 0.3 is 0 Å². The Morgan fingerprint density at radius 2 is 2.00 bits per heavy atom. The van der Waals surface area contributed by atoms with Crippen LogP contribution in [0.3, 0.4) is 0 Å². The van der Waals surface area contributed by atoms with Crippen LogP contribution in [0.15, 0.2) is 66.8 Å². The van der Waals surface area contributed by atoms with E-state index in [4.69, 9.17) is 30.5 Å². The van der Waals surface area contributed by atoms with Crippen molar-refractivity contribution in [3.05, 3.63) is 94.0 Å². The van der Waals surface area contributed by atoms with Crippen LogP contribution in [0, 0.1) is 18.3 Å². The van der Waals surface area contributed by atoms with Gasteiger partial charge in [0.05, 0.1) is 6.61 Å². The van der Waals surface area contributed by atoms with Crippen LogP contribution in [0.1, 0.15) is 29.2 Å². The van der Waals surface area contributed by atoms with Crippen molar-refractivity contribution in [1.82, 2.24) is 0 Å². The molecule has 0 aliphatic carbocycles. The Hall–Kier alpha value is -4.41. The molecule has 0 unspecified atom stereocenters. The molecular formula is C30H27ClN2O5. The van der Waals surface area contributed by atoms with Crippen molar-refractivity contribution in [3.8, 4) is 29.1 Å². The fraction of sp³-hybridized carbons (Fsp3) is 0.200. The van der Waals surface area contributed by atoms with E-state index in [0.29, 0.717) is 52.3 Å². The number of fused-ring (bicyclic) bond motifs is 1. The summed E-state index contributed by atoms with van der Waals surface area (Å²) in [6, 6.07) is 16.4. The molecule has 1 heterocycles. The number of hydrogen-bond acceptors (Lipinski definition) is 6. The largest absolute Gasteiger partial charge is 0.490 e. The fourth-order valence-electron chi connectivity index (χ4n) is 3.93. The Morgan fingerprint density at radius 3 is 2.76 bits per heavy atom. The van der Waals surface area contributed by atoms with Crippen molar-refractivity contribution >= 4 is 29.3 Å². The van der Waals surface area contributed by atoms with Crippen LogP contribution in [0.2, 0.25) is 5.02 Å². The molecule has 194 valence electrons. The Kier molecular flexibility index (Phi) is 8.57. The van der Waals surface area contributed by atoms with Gasteiger partial charge in [0.15, 0.2) is 23.0 Å². The Balaban J connectivity index is 1.62. The zero-order valence-electron chi connectivity index (χ0n) is 21.2. The molecule has 0 fully saturated rings. The molecule has 0 saturated carbocycles. The number of nitrogens with zero attached hydrogens (tertiary/aromatic N) is 1. The molecule has 0 saturated heterocycles. The molecule has 0 bridgehead atoms. The predicted molar refractivity (Wildman–Crippen MR) is 147 cm³/mol. The molecule has 1 amide bonds. The van der Waals surface area contributed by atoms with Crippen molar-refractivity contribution in [2.45, 2.75) is 26.9 Å². The van der Waals surface area contributed by atoms with Gasteiger partial charge in [0, 0.05) is 16.3 Å². The van der Waals surface area contributed by atoms with Crippen molar-refractivity contribution in [1.29, 1.82) is 5.26 Å². The minimum atomic E-state index is -0.538. The number of nitriles is 1. The SMILES string of the molecule is C=CCc1cc(/C=C(\C#N)C(=O)Nc2cccc(Cl)c2C)cc(OCC)c1OCc1ccc2c(c1)OCO2. The van der Waals surface area contributed by atoms with Crippen LogP contribution in [0.5, 0.6) is 23.0 Å². The second kappa shape index (κ2) is 12.2. The van der Waals surface area contributed by atoms with E-state index in [1.54, 1.807) is 37.3 Å². The van der Waals surface area contributed by atoms with Crippen molar-refractivity contribution in [2.24, 2.45) is 0 Å². The third-order valence-corrected chi connectivity index (χ3v) is 6.24. The van der Waals surface area contributed by atoms with Crippen molar-refractivity contribution < 1.29 is 23.7 Å². The Morgan fingerprint density at radius 1 is 1.18 bits per heavy atom. The second-order valence-electron chi connectivity index (χ2n) is 8.45. The van der Waals surface area contributed by atoms with Crippen molar-refractivity contribution in [3.63, 3.8) is 0 Å². The summed E-state index contributed by atoms with van der Waals surface area (Å²) in [5, 5.41) is 13.0. The maximum absolute atomic E-state index is 12.9. The number of rotatable bonds is 10. The minimum Gasteiger partial charge on any atom is -0.490 e. The third-order valence-electron chi connectivity index (χ3n) is 5.83. The topological polar surface area (TPSA) is 89.8 Å². The fourth-order valence-corrected chi connectivity index (χ4v) is 4.11. The van der Waals surface area contributed by atoms with Gasteiger partial charge in [0.2, 0.25) is 6.79 Å². The van der Waals surface area contributed by atoms with Gasteiger partial charge in [-0.1, -0.05) is 29.8 Å². The summed E-state index contributed by atoms with van der Waals surface area (Å²) in [5.74, 6) is 1.92. The number of carbonyl (C=O) groups excluding carboxylic acids is 1. The molecule has 4 rings (SSSR count). The lowest BCUT2D eigenvalue weighted by Gasteiger charge is -2.17. The highest BCUT2D eigenvalue weighted by atomic mass is 35.5. The van der Waals surface area contributed by atoms with Gasteiger partial charge in [-0.3, -0.25) is 4.79 Å². The Labute approximate surface area is 226 Å². The van der Waals surface area contributed by atoms with Crippen LogP contribution in [-0.4, -0.2) is 19.3 Å². The first kappa shape index (κ1) is 26.6. The van der Waals surface area contributed by atoms with Gasteiger partial charge in [0.25, 0.3) is 5.91 Å². The highest BCUT2D eigenvalue weighted by Crippen LogP contribution is 2.37. The summed E-state index contributed by atoms with van der Waals surface area (Å²) in [7, 11) is 0. The number of benzene rings is 3. The monoisotopic (exact) mass is 530 g/mol. The number of amides is 1. The summed E-state index contributed by atoms with van der Waals surface area (Å²) >= 11 is 6.16. The zero-order chi connectivity index (χ0) is 27.1. The molecule has 0 aromatic heterocycles. The highest BCUT2D eigenvalue weighted by molar-refractivity contribution is 6.31. The predicted octanol–water partition coefficient (Wildman–Crippen LogP) is 6.63. The summed E-state index contributed by atoms with van der Waals surface area (Å²) in [5.41, 5.74) is 3.53. The number of halogens is 1. The minimum absolute atomic E-state index is 0.0644. The molecule has 0 radical (unpaired) electrons. The van der Waals surface area contributed by atoms with Gasteiger partial charge in [-0.15, -0.1) is 6.58 Å². The summed E-state index contributed by atoms with van der Waals surface area (Å²) in [6.45, 7) is 8.41. The van der Waals surface area contributed by atoms with Gasteiger partial charge in [-0.2, -0.15) is 5.26 Å². The lowest BCUT2D eigenvalue weighted by molar-refractivity contribution is -0.112. The number of allylic oxidation sites excluding steroid dienone is 1. The van der Waals surface area contributed by atoms with E-state index in [9.17, 15) is 10.1 Å². The molecule has 3 aromatic rings. The van der Waals surface area contributed by atoms with Crippen LogP contribution in [0.4, 0.5) is 5.69 Å². The third kappa shape index (κ3) is 6.10. The molecule has 1 aliphatic rings. The van der Waals surface area contributed by atoms with E-state index in [1.807, 2.05) is 37.3 Å². The number of anilines is 1. The van der Waals surface area contributed by atoms with Gasteiger partial charge in [0.1, 0.15) is 18.2 Å². The molecule has 7 nitrogen and oxygen atoms in total. The van der Waals surface area contributed by atoms with E-state index in [-0.39, 0.29) is 19.0 Å². The number of carbonyl (C=O) groups is 1. The van der Waals surface area contributed by atoms with E-state index >= 15 is 0 Å². The summed E-state index contributed by atoms with van der Waals surface area (Å²) < 4.78 is 22.9. The van der Waals surface area contributed by atoms with E-state index in [0.717, 1.165) is 16.7 Å². The van der Waals surface area contributed by atoms with E-state index in [2.05, 4.69) is 11.9 Å². The lowest BCUT2D eigenvalue weighted by Crippen LogP contribution is -2.14. The number of hydrogen-bond donors (Lipinski definition) is 1. The summed E-state index contributed by atoms with van der Waals surface area (Å²) in [6.07, 6.45) is 3.77. The first-order valence-corrected chi connectivity index (χ1v) is 12.4. The first-order chi connectivity index (χ1) is 18.4. The van der Waals surface area contributed by atoms with Crippen LogP contribution in [0.25, 0.3) is 6.08 Å². The first-order valence-electron chi connectivity index (χ1n) is 12.0. The smallest absolute Gasteiger partial charge is 0.266 e. The van der Waals surface area contributed by atoms with Gasteiger partial charge in [-0.25, -0.2) is 0 Å².